The molecule has 5 rings (SSSR count). The van der Waals surface area contributed by atoms with Gasteiger partial charge in [-0.15, -0.1) is 11.3 Å². The van der Waals surface area contributed by atoms with E-state index in [9.17, 15) is 14.3 Å². The molecule has 3 heterocycles. The third-order valence-electron chi connectivity index (χ3n) is 6.70. The van der Waals surface area contributed by atoms with Gasteiger partial charge in [-0.25, -0.2) is 4.39 Å². The summed E-state index contributed by atoms with van der Waals surface area (Å²) in [7, 11) is 0. The summed E-state index contributed by atoms with van der Waals surface area (Å²) in [5.41, 5.74) is 1.00. The molecule has 3 aromatic rings. The van der Waals surface area contributed by atoms with Crippen LogP contribution in [0.1, 0.15) is 54.9 Å². The summed E-state index contributed by atoms with van der Waals surface area (Å²) in [6.45, 7) is 0.611. The van der Waals surface area contributed by atoms with E-state index < -0.39 is 5.60 Å². The maximum atomic E-state index is 14.6. The van der Waals surface area contributed by atoms with E-state index in [-0.39, 0.29) is 23.7 Å². The molecule has 1 aromatic carbocycles. The number of nitrogens with zero attached hydrogens (tertiary/aromatic N) is 1. The largest absolute Gasteiger partial charge is 0.390 e. The molecule has 29 heavy (non-hydrogen) atoms. The summed E-state index contributed by atoms with van der Waals surface area (Å²) in [5, 5.41) is 13.2. The second-order valence-corrected chi connectivity index (χ2v) is 9.47. The van der Waals surface area contributed by atoms with Gasteiger partial charge >= 0.3 is 0 Å². The minimum Gasteiger partial charge on any atom is -0.390 e. The lowest BCUT2D eigenvalue weighted by Gasteiger charge is -2.48. The number of benzene rings is 1. The van der Waals surface area contributed by atoms with Crippen molar-refractivity contribution in [3.8, 4) is 0 Å². The van der Waals surface area contributed by atoms with Crippen LogP contribution in [-0.2, 0) is 4.79 Å². The fourth-order valence-electron chi connectivity index (χ4n) is 5.23. The molecule has 0 radical (unpaired) electrons. The Kier molecular flexibility index (Phi) is 4.71. The lowest BCUT2D eigenvalue weighted by Crippen LogP contribution is -2.55. The second kappa shape index (κ2) is 7.26. The highest BCUT2D eigenvalue weighted by molar-refractivity contribution is 7.10. The zero-order chi connectivity index (χ0) is 20.0. The van der Waals surface area contributed by atoms with Crippen LogP contribution in [0.4, 0.5) is 4.39 Å². The van der Waals surface area contributed by atoms with E-state index in [1.807, 2.05) is 34.7 Å². The van der Waals surface area contributed by atoms with Crippen molar-refractivity contribution in [2.75, 3.05) is 6.54 Å². The van der Waals surface area contributed by atoms with Crippen LogP contribution >= 0.6 is 11.3 Å². The lowest BCUT2D eigenvalue weighted by molar-refractivity contribution is -0.144. The minimum absolute atomic E-state index is 0.100. The Labute approximate surface area is 173 Å². The highest BCUT2D eigenvalue weighted by Gasteiger charge is 2.43. The van der Waals surface area contributed by atoms with Gasteiger partial charge in [-0.3, -0.25) is 4.79 Å². The van der Waals surface area contributed by atoms with Crippen LogP contribution < -0.4 is 0 Å². The molecule has 1 saturated carbocycles. The summed E-state index contributed by atoms with van der Waals surface area (Å²) in [5.74, 6) is -0.344. The number of likely N-dealkylation sites (tertiary alicyclic amines) is 1. The molecule has 1 aliphatic carbocycles. The molecule has 2 bridgehead atoms. The number of piperidine rings is 1. The molecule has 152 valence electrons. The van der Waals surface area contributed by atoms with Crippen LogP contribution in [-0.4, -0.2) is 39.1 Å². The Bertz CT molecular complexity index is 1030. The van der Waals surface area contributed by atoms with Gasteiger partial charge in [0.05, 0.1) is 5.60 Å². The molecule has 3 atom stereocenters. The number of carbonyl (C=O) groups is 1. The summed E-state index contributed by atoms with van der Waals surface area (Å²) in [6, 6.07) is 9.16. The van der Waals surface area contributed by atoms with Crippen molar-refractivity contribution in [2.45, 2.75) is 56.1 Å². The predicted molar refractivity (Wildman–Crippen MR) is 113 cm³/mol. The van der Waals surface area contributed by atoms with Gasteiger partial charge < -0.3 is 15.0 Å². The van der Waals surface area contributed by atoms with Gasteiger partial charge in [0.2, 0.25) is 5.91 Å². The molecular formula is C23H25FN2O2S. The van der Waals surface area contributed by atoms with E-state index in [4.69, 9.17) is 0 Å². The summed E-state index contributed by atoms with van der Waals surface area (Å²) in [6.07, 6.45) is 6.27. The number of amides is 1. The summed E-state index contributed by atoms with van der Waals surface area (Å²) >= 11 is 1.60. The number of carbonyl (C=O) groups excluding carboxylic acids is 1. The number of thiophene rings is 1. The van der Waals surface area contributed by atoms with Crippen LogP contribution in [0, 0.1) is 5.82 Å². The minimum atomic E-state index is -0.590. The van der Waals surface area contributed by atoms with E-state index >= 15 is 0 Å². The highest BCUT2D eigenvalue weighted by Crippen LogP contribution is 2.41. The molecule has 1 amide bonds. The second-order valence-electron chi connectivity index (χ2n) is 8.49. The number of aliphatic hydroxyl groups is 1. The average molecular weight is 413 g/mol. The Hall–Kier alpha value is -2.18. The Morgan fingerprint density at radius 2 is 2.24 bits per heavy atom. The number of hydrogen-bond acceptors (Lipinski definition) is 3. The summed E-state index contributed by atoms with van der Waals surface area (Å²) < 4.78 is 14.6. The Morgan fingerprint density at radius 3 is 3.07 bits per heavy atom. The van der Waals surface area contributed by atoms with Crippen molar-refractivity contribution in [1.82, 2.24) is 9.88 Å². The topological polar surface area (TPSA) is 56.3 Å². The SMILES string of the molecule is O=C(CC(c1cccs1)c1c[nH]c2cccc(F)c12)N1CCC2(O)CCCC1C2. The number of H-pyrrole nitrogens is 1. The van der Waals surface area contributed by atoms with Crippen LogP contribution in [0.5, 0.6) is 0 Å². The maximum absolute atomic E-state index is 14.6. The number of halogens is 1. The van der Waals surface area contributed by atoms with Crippen LogP contribution in [0.3, 0.4) is 0 Å². The number of nitrogens with one attached hydrogen (secondary N) is 1. The fourth-order valence-corrected chi connectivity index (χ4v) is 6.07. The van der Waals surface area contributed by atoms with E-state index in [0.29, 0.717) is 31.2 Å². The smallest absolute Gasteiger partial charge is 0.223 e. The normalized spacial score (nSPS) is 25.3. The van der Waals surface area contributed by atoms with E-state index in [1.165, 1.54) is 6.07 Å². The molecule has 2 aliphatic rings. The number of hydrogen-bond donors (Lipinski definition) is 2. The van der Waals surface area contributed by atoms with Gasteiger partial charge in [0, 0.05) is 46.9 Å². The van der Waals surface area contributed by atoms with Crippen molar-refractivity contribution in [2.24, 2.45) is 0 Å². The van der Waals surface area contributed by atoms with Gasteiger partial charge in [0.15, 0.2) is 0 Å². The molecule has 4 nitrogen and oxygen atoms in total. The first kappa shape index (κ1) is 18.8. The zero-order valence-corrected chi connectivity index (χ0v) is 17.1. The molecule has 6 heteroatoms. The summed E-state index contributed by atoms with van der Waals surface area (Å²) in [4.78, 5) is 19.6. The van der Waals surface area contributed by atoms with Crippen LogP contribution in [0.25, 0.3) is 10.9 Å². The molecule has 0 spiro atoms. The number of aromatic amines is 1. The average Bonchev–Trinajstić information content (AvgIpc) is 3.37. The van der Waals surface area contributed by atoms with Crippen molar-refractivity contribution < 1.29 is 14.3 Å². The van der Waals surface area contributed by atoms with Crippen LogP contribution in [0.2, 0.25) is 0 Å². The predicted octanol–water partition coefficient (Wildman–Crippen LogP) is 4.80. The molecule has 1 aliphatic heterocycles. The van der Waals surface area contributed by atoms with E-state index in [2.05, 4.69) is 4.98 Å². The molecule has 2 fully saturated rings. The first-order chi connectivity index (χ1) is 14.0. The van der Waals surface area contributed by atoms with Crippen molar-refractivity contribution >= 4 is 28.1 Å². The van der Waals surface area contributed by atoms with Crippen molar-refractivity contribution in [3.05, 3.63) is 58.2 Å². The number of aromatic nitrogens is 1. The van der Waals surface area contributed by atoms with E-state index in [0.717, 1.165) is 35.2 Å². The Morgan fingerprint density at radius 1 is 1.34 bits per heavy atom. The zero-order valence-electron chi connectivity index (χ0n) is 16.2. The fraction of sp³-hybridized carbons (Fsp3) is 0.435. The van der Waals surface area contributed by atoms with Gasteiger partial charge in [0.1, 0.15) is 5.82 Å². The first-order valence-corrected chi connectivity index (χ1v) is 11.2. The quantitative estimate of drug-likeness (QED) is 0.647. The molecule has 2 aromatic heterocycles. The molecule has 3 unspecified atom stereocenters. The van der Waals surface area contributed by atoms with Crippen LogP contribution in [0.15, 0.2) is 41.9 Å². The van der Waals surface area contributed by atoms with Gasteiger partial charge in [-0.2, -0.15) is 0 Å². The molecular weight excluding hydrogens is 387 g/mol. The molecule has 1 saturated heterocycles. The van der Waals surface area contributed by atoms with Gasteiger partial charge in [0.25, 0.3) is 0 Å². The Balaban J connectivity index is 1.46. The lowest BCUT2D eigenvalue weighted by atomic mass is 9.75. The standard InChI is InChI=1S/C23H25FN2O2S/c24-18-5-1-6-19-22(18)17(14-25-19)16(20-7-3-11-29-20)12-21(27)26-10-9-23(28)8-2-4-15(26)13-23/h1,3,5-7,11,14-16,25,28H,2,4,8-10,12-13H2. The third-order valence-corrected chi connectivity index (χ3v) is 7.69. The molecule has 2 N–H and O–H groups in total. The van der Waals surface area contributed by atoms with E-state index in [1.54, 1.807) is 17.4 Å². The van der Waals surface area contributed by atoms with Crippen molar-refractivity contribution in [1.29, 1.82) is 0 Å². The number of rotatable bonds is 4. The number of fused-ring (bicyclic) bond motifs is 3. The third kappa shape index (κ3) is 3.38. The van der Waals surface area contributed by atoms with Gasteiger partial charge in [-0.05, 0) is 61.2 Å². The monoisotopic (exact) mass is 412 g/mol. The van der Waals surface area contributed by atoms with Crippen molar-refractivity contribution in [3.63, 3.8) is 0 Å². The maximum Gasteiger partial charge on any atom is 0.223 e. The first-order valence-electron chi connectivity index (χ1n) is 10.3. The highest BCUT2D eigenvalue weighted by atomic mass is 32.1. The van der Waals surface area contributed by atoms with Gasteiger partial charge in [-0.1, -0.05) is 12.1 Å².